The molecule has 2 aromatic rings. The van der Waals surface area contributed by atoms with E-state index in [9.17, 15) is 4.79 Å². The van der Waals surface area contributed by atoms with Crippen LogP contribution in [0.1, 0.15) is 29.7 Å². The molecule has 2 atom stereocenters. The van der Waals surface area contributed by atoms with Gasteiger partial charge in [-0.1, -0.05) is 23.4 Å². The highest BCUT2D eigenvalue weighted by Gasteiger charge is 2.29. The monoisotopic (exact) mass is 316 g/mol. The van der Waals surface area contributed by atoms with E-state index in [1.807, 2.05) is 24.3 Å². The Labute approximate surface area is 134 Å². The van der Waals surface area contributed by atoms with Crippen LogP contribution in [0.4, 0.5) is 0 Å². The number of nitrogens with one attached hydrogen (secondary N) is 2. The van der Waals surface area contributed by atoms with Gasteiger partial charge < -0.3 is 19.9 Å². The third-order valence-corrected chi connectivity index (χ3v) is 3.97. The Kier molecular flexibility index (Phi) is 4.57. The van der Waals surface area contributed by atoms with Crippen molar-refractivity contribution in [1.29, 1.82) is 0 Å². The van der Waals surface area contributed by atoms with Gasteiger partial charge in [0.15, 0.2) is 5.82 Å². The number of carbonyl (C=O) groups is 1. The van der Waals surface area contributed by atoms with Gasteiger partial charge in [-0.15, -0.1) is 0 Å². The summed E-state index contributed by atoms with van der Waals surface area (Å²) in [5, 5.41) is 10.2. The van der Waals surface area contributed by atoms with Gasteiger partial charge in [0.25, 0.3) is 0 Å². The SMILES string of the molecule is COc1ccccc1C(NC(=O)C1CCNC1)c1noc(C)n1. The quantitative estimate of drug-likeness (QED) is 0.861. The van der Waals surface area contributed by atoms with Crippen molar-refractivity contribution >= 4 is 5.91 Å². The molecule has 7 nitrogen and oxygen atoms in total. The van der Waals surface area contributed by atoms with Crippen LogP contribution in [0.15, 0.2) is 28.8 Å². The lowest BCUT2D eigenvalue weighted by Gasteiger charge is -2.20. The Bertz CT molecular complexity index is 679. The number of para-hydroxylation sites is 1. The summed E-state index contributed by atoms with van der Waals surface area (Å²) < 4.78 is 10.5. The van der Waals surface area contributed by atoms with E-state index in [4.69, 9.17) is 9.26 Å². The first-order valence-corrected chi connectivity index (χ1v) is 7.63. The molecule has 23 heavy (non-hydrogen) atoms. The van der Waals surface area contributed by atoms with Crippen molar-refractivity contribution in [2.24, 2.45) is 5.92 Å². The molecule has 3 rings (SSSR count). The van der Waals surface area contributed by atoms with Crippen LogP contribution in [0, 0.1) is 12.8 Å². The normalized spacial score (nSPS) is 18.6. The molecule has 2 unspecified atom stereocenters. The second kappa shape index (κ2) is 6.78. The number of amides is 1. The van der Waals surface area contributed by atoms with Crippen LogP contribution in [0.5, 0.6) is 5.75 Å². The van der Waals surface area contributed by atoms with Crippen LogP contribution in [0.3, 0.4) is 0 Å². The zero-order valence-electron chi connectivity index (χ0n) is 13.2. The van der Waals surface area contributed by atoms with Crippen molar-refractivity contribution in [3.05, 3.63) is 41.5 Å². The summed E-state index contributed by atoms with van der Waals surface area (Å²) in [7, 11) is 1.60. The van der Waals surface area contributed by atoms with E-state index in [-0.39, 0.29) is 11.8 Å². The molecule has 122 valence electrons. The third-order valence-electron chi connectivity index (χ3n) is 3.97. The van der Waals surface area contributed by atoms with Gasteiger partial charge in [0.05, 0.1) is 13.0 Å². The van der Waals surface area contributed by atoms with Gasteiger partial charge in [-0.3, -0.25) is 4.79 Å². The van der Waals surface area contributed by atoms with Gasteiger partial charge in [0.2, 0.25) is 11.8 Å². The standard InChI is InChI=1S/C16H20N4O3/c1-10-18-15(20-23-10)14(12-5-3-4-6-13(12)22-2)19-16(21)11-7-8-17-9-11/h3-6,11,14,17H,7-9H2,1-2H3,(H,19,21). The highest BCUT2D eigenvalue weighted by Crippen LogP contribution is 2.29. The predicted octanol–water partition coefficient (Wildman–Crippen LogP) is 1.20. The molecular formula is C16H20N4O3. The molecule has 2 heterocycles. The van der Waals surface area contributed by atoms with E-state index in [1.54, 1.807) is 14.0 Å². The van der Waals surface area contributed by atoms with Gasteiger partial charge in [0.1, 0.15) is 11.8 Å². The maximum atomic E-state index is 12.5. The number of aromatic nitrogens is 2. The minimum atomic E-state index is -0.503. The van der Waals surface area contributed by atoms with Crippen LogP contribution in [-0.2, 0) is 4.79 Å². The maximum absolute atomic E-state index is 12.5. The summed E-state index contributed by atoms with van der Waals surface area (Å²) in [6.07, 6.45) is 0.829. The van der Waals surface area contributed by atoms with E-state index < -0.39 is 6.04 Å². The molecular weight excluding hydrogens is 296 g/mol. The van der Waals surface area contributed by atoms with Crippen molar-refractivity contribution < 1.29 is 14.1 Å². The number of aryl methyl sites for hydroxylation is 1. The number of hydrogen-bond acceptors (Lipinski definition) is 6. The van der Waals surface area contributed by atoms with Crippen LogP contribution in [-0.4, -0.2) is 36.2 Å². The van der Waals surface area contributed by atoms with Crippen molar-refractivity contribution in [1.82, 2.24) is 20.8 Å². The van der Waals surface area contributed by atoms with Gasteiger partial charge in [-0.05, 0) is 19.0 Å². The number of hydrogen-bond donors (Lipinski definition) is 2. The zero-order chi connectivity index (χ0) is 16.2. The van der Waals surface area contributed by atoms with Gasteiger partial charge in [-0.2, -0.15) is 4.98 Å². The number of ether oxygens (including phenoxy) is 1. The zero-order valence-corrected chi connectivity index (χ0v) is 13.2. The van der Waals surface area contributed by atoms with Crippen LogP contribution < -0.4 is 15.4 Å². The van der Waals surface area contributed by atoms with E-state index in [0.29, 0.717) is 24.0 Å². The third kappa shape index (κ3) is 3.34. The van der Waals surface area contributed by atoms with E-state index >= 15 is 0 Å². The van der Waals surface area contributed by atoms with Gasteiger partial charge in [-0.25, -0.2) is 0 Å². The number of carbonyl (C=O) groups excluding carboxylic acids is 1. The van der Waals surface area contributed by atoms with Crippen molar-refractivity contribution in [3.63, 3.8) is 0 Å². The Balaban J connectivity index is 1.92. The van der Waals surface area contributed by atoms with Gasteiger partial charge >= 0.3 is 0 Å². The fourth-order valence-electron chi connectivity index (χ4n) is 2.76. The molecule has 0 saturated carbocycles. The minimum Gasteiger partial charge on any atom is -0.496 e. The van der Waals surface area contributed by atoms with Crippen LogP contribution in [0.2, 0.25) is 0 Å². The summed E-state index contributed by atoms with van der Waals surface area (Å²) in [5.41, 5.74) is 0.801. The lowest BCUT2D eigenvalue weighted by Crippen LogP contribution is -2.36. The number of methoxy groups -OCH3 is 1. The number of benzene rings is 1. The molecule has 7 heteroatoms. The number of nitrogens with zero attached hydrogens (tertiary/aromatic N) is 2. The molecule has 0 bridgehead atoms. The highest BCUT2D eigenvalue weighted by molar-refractivity contribution is 5.80. The Hall–Kier alpha value is -2.41. The molecule has 0 radical (unpaired) electrons. The number of rotatable bonds is 5. The molecule has 0 aliphatic carbocycles. The molecule has 1 amide bonds. The summed E-state index contributed by atoms with van der Waals surface area (Å²) >= 11 is 0. The molecule has 1 saturated heterocycles. The van der Waals surface area contributed by atoms with Crippen molar-refractivity contribution in [2.45, 2.75) is 19.4 Å². The van der Waals surface area contributed by atoms with E-state index in [2.05, 4.69) is 20.8 Å². The summed E-state index contributed by atoms with van der Waals surface area (Å²) in [6, 6.07) is 7.00. The first kappa shape index (κ1) is 15.5. The Morgan fingerprint density at radius 1 is 1.48 bits per heavy atom. The van der Waals surface area contributed by atoms with Crippen LogP contribution in [0.25, 0.3) is 0 Å². The second-order valence-electron chi connectivity index (χ2n) is 5.54. The second-order valence-corrected chi connectivity index (χ2v) is 5.54. The molecule has 0 spiro atoms. The topological polar surface area (TPSA) is 89.3 Å². The minimum absolute atomic E-state index is 0.0200. The average Bonchev–Trinajstić information content (AvgIpc) is 3.24. The predicted molar refractivity (Wildman–Crippen MR) is 83.0 cm³/mol. The fraction of sp³-hybridized carbons (Fsp3) is 0.438. The van der Waals surface area contributed by atoms with E-state index in [1.165, 1.54) is 0 Å². The largest absolute Gasteiger partial charge is 0.496 e. The first-order valence-electron chi connectivity index (χ1n) is 7.63. The lowest BCUT2D eigenvalue weighted by atomic mass is 10.0. The highest BCUT2D eigenvalue weighted by atomic mass is 16.5. The molecule has 1 aliphatic heterocycles. The summed E-state index contributed by atoms with van der Waals surface area (Å²) in [5.74, 6) is 1.49. The Morgan fingerprint density at radius 2 is 2.30 bits per heavy atom. The smallest absolute Gasteiger partial charge is 0.225 e. The lowest BCUT2D eigenvalue weighted by molar-refractivity contribution is -0.125. The summed E-state index contributed by atoms with van der Waals surface area (Å²) in [6.45, 7) is 3.27. The van der Waals surface area contributed by atoms with Crippen molar-refractivity contribution in [3.8, 4) is 5.75 Å². The average molecular weight is 316 g/mol. The summed E-state index contributed by atoms with van der Waals surface area (Å²) in [4.78, 5) is 16.8. The molecule has 1 aromatic carbocycles. The first-order chi connectivity index (χ1) is 11.2. The van der Waals surface area contributed by atoms with Gasteiger partial charge in [0, 0.05) is 19.0 Å². The Morgan fingerprint density at radius 3 is 2.96 bits per heavy atom. The van der Waals surface area contributed by atoms with E-state index in [0.717, 1.165) is 18.5 Å². The van der Waals surface area contributed by atoms with Crippen LogP contribution >= 0.6 is 0 Å². The molecule has 1 fully saturated rings. The maximum Gasteiger partial charge on any atom is 0.225 e. The molecule has 1 aliphatic rings. The molecule has 1 aromatic heterocycles. The molecule has 2 N–H and O–H groups in total. The van der Waals surface area contributed by atoms with Crippen molar-refractivity contribution in [2.75, 3.05) is 20.2 Å². The fourth-order valence-corrected chi connectivity index (χ4v) is 2.76.